The van der Waals surface area contributed by atoms with Gasteiger partial charge in [0.15, 0.2) is 0 Å². The van der Waals surface area contributed by atoms with Crippen molar-refractivity contribution in [1.29, 1.82) is 5.26 Å². The molecule has 1 aliphatic heterocycles. The fourth-order valence-corrected chi connectivity index (χ4v) is 4.91. The molecule has 0 aliphatic carbocycles. The van der Waals surface area contributed by atoms with E-state index in [4.69, 9.17) is 14.7 Å². The summed E-state index contributed by atoms with van der Waals surface area (Å²) in [5.74, 6) is -0.569. The number of amides is 1. The molecule has 9 heteroatoms. The van der Waals surface area contributed by atoms with E-state index in [1.165, 1.54) is 13.2 Å². The zero-order chi connectivity index (χ0) is 28.7. The van der Waals surface area contributed by atoms with E-state index in [1.54, 1.807) is 23.1 Å². The average Bonchev–Trinajstić information content (AvgIpc) is 3.25. The van der Waals surface area contributed by atoms with E-state index < -0.39 is 23.6 Å². The first-order chi connectivity index (χ1) is 19.2. The number of carbonyl (C=O) groups is 2. The standard InChI is InChI=1S/C31H29F3N2O4/c1-39-29(37)18-25-17-27(20-40-28-13-11-24(12-14-28)23-9-7-22(19-35)8-10-23)36(30(25)38)15-3-5-21-4-2-6-26(16-21)31(32,33)34/h2,4,6-14,16,25,27H,3,5,15,17-18,20H2,1H3/t25-,27-/m0/s1. The number of esters is 1. The quantitative estimate of drug-likeness (QED) is 0.288. The van der Waals surface area contributed by atoms with Crippen molar-refractivity contribution in [3.8, 4) is 22.9 Å². The molecule has 1 heterocycles. The van der Waals surface area contributed by atoms with Gasteiger partial charge in [-0.15, -0.1) is 0 Å². The summed E-state index contributed by atoms with van der Waals surface area (Å²) in [7, 11) is 1.27. The van der Waals surface area contributed by atoms with E-state index in [0.717, 1.165) is 23.3 Å². The number of nitriles is 1. The molecule has 0 unspecified atom stereocenters. The molecular formula is C31H29F3N2O4. The summed E-state index contributed by atoms with van der Waals surface area (Å²) in [6.07, 6.45) is -3.19. The number of likely N-dealkylation sites (tertiary alicyclic amines) is 1. The van der Waals surface area contributed by atoms with Gasteiger partial charge < -0.3 is 14.4 Å². The zero-order valence-corrected chi connectivity index (χ0v) is 22.0. The molecular weight excluding hydrogens is 521 g/mol. The Morgan fingerprint density at radius 3 is 2.35 bits per heavy atom. The maximum Gasteiger partial charge on any atom is 0.416 e. The Kier molecular flexibility index (Phi) is 9.10. The van der Waals surface area contributed by atoms with Gasteiger partial charge in [0, 0.05) is 6.54 Å². The zero-order valence-electron chi connectivity index (χ0n) is 22.0. The molecule has 3 aromatic rings. The van der Waals surface area contributed by atoms with Gasteiger partial charge in [0.25, 0.3) is 0 Å². The number of hydrogen-bond acceptors (Lipinski definition) is 5. The number of rotatable bonds is 10. The largest absolute Gasteiger partial charge is 0.491 e. The molecule has 1 aliphatic rings. The molecule has 0 aromatic heterocycles. The summed E-state index contributed by atoms with van der Waals surface area (Å²) in [6, 6.07) is 21.7. The normalized spacial score (nSPS) is 17.0. The van der Waals surface area contributed by atoms with Crippen LogP contribution in [0.25, 0.3) is 11.1 Å². The minimum atomic E-state index is -4.41. The van der Waals surface area contributed by atoms with Crippen LogP contribution in [0, 0.1) is 17.2 Å². The monoisotopic (exact) mass is 550 g/mol. The molecule has 3 aromatic carbocycles. The average molecular weight is 551 g/mol. The van der Waals surface area contributed by atoms with Crippen molar-refractivity contribution in [3.05, 3.63) is 89.5 Å². The number of halogens is 3. The lowest BCUT2D eigenvalue weighted by Gasteiger charge is -2.25. The minimum Gasteiger partial charge on any atom is -0.491 e. The van der Waals surface area contributed by atoms with Crippen molar-refractivity contribution in [2.45, 2.75) is 37.9 Å². The van der Waals surface area contributed by atoms with Crippen LogP contribution >= 0.6 is 0 Å². The highest BCUT2D eigenvalue weighted by Crippen LogP contribution is 2.31. The Balaban J connectivity index is 1.39. The number of methoxy groups -OCH3 is 1. The minimum absolute atomic E-state index is 0.0325. The van der Waals surface area contributed by atoms with Crippen molar-refractivity contribution >= 4 is 11.9 Å². The van der Waals surface area contributed by atoms with Gasteiger partial charge in [-0.05, 0) is 66.3 Å². The summed E-state index contributed by atoms with van der Waals surface area (Å²) in [4.78, 5) is 26.7. The molecule has 1 fully saturated rings. The number of benzene rings is 3. The van der Waals surface area contributed by atoms with E-state index in [0.29, 0.717) is 42.7 Å². The summed E-state index contributed by atoms with van der Waals surface area (Å²) in [5.41, 5.74) is 2.35. The van der Waals surface area contributed by atoms with E-state index in [9.17, 15) is 22.8 Å². The van der Waals surface area contributed by atoms with Crippen LogP contribution in [0.3, 0.4) is 0 Å². The Morgan fingerprint density at radius 1 is 1.05 bits per heavy atom. The smallest absolute Gasteiger partial charge is 0.416 e. The van der Waals surface area contributed by atoms with Crippen molar-refractivity contribution in [1.82, 2.24) is 4.90 Å². The third-order valence-corrected chi connectivity index (χ3v) is 7.03. The Bertz CT molecular complexity index is 1370. The summed E-state index contributed by atoms with van der Waals surface area (Å²) in [5, 5.41) is 8.98. The molecule has 0 N–H and O–H groups in total. The van der Waals surface area contributed by atoms with E-state index in [-0.39, 0.29) is 25.0 Å². The maximum atomic E-state index is 13.1. The Hall–Kier alpha value is -4.32. The van der Waals surface area contributed by atoms with Gasteiger partial charge in [0.05, 0.1) is 42.7 Å². The van der Waals surface area contributed by atoms with Gasteiger partial charge in [-0.3, -0.25) is 9.59 Å². The van der Waals surface area contributed by atoms with Crippen LogP contribution in [0.1, 0.15) is 36.0 Å². The first kappa shape index (κ1) is 28.7. The highest BCUT2D eigenvalue weighted by Gasteiger charge is 2.40. The van der Waals surface area contributed by atoms with Crippen molar-refractivity contribution in [3.63, 3.8) is 0 Å². The number of hydrogen-bond donors (Lipinski definition) is 0. The predicted molar refractivity (Wildman–Crippen MR) is 142 cm³/mol. The van der Waals surface area contributed by atoms with Gasteiger partial charge in [0.1, 0.15) is 12.4 Å². The molecule has 0 saturated carbocycles. The molecule has 2 atom stereocenters. The Labute approximate surface area is 230 Å². The summed E-state index contributed by atoms with van der Waals surface area (Å²) < 4.78 is 49.9. The van der Waals surface area contributed by atoms with Crippen LogP contribution in [-0.2, 0) is 26.9 Å². The van der Waals surface area contributed by atoms with Crippen molar-refractivity contribution in [2.24, 2.45) is 5.92 Å². The summed E-state index contributed by atoms with van der Waals surface area (Å²) in [6.45, 7) is 0.543. The van der Waals surface area contributed by atoms with Crippen LogP contribution in [-0.4, -0.2) is 43.1 Å². The third-order valence-electron chi connectivity index (χ3n) is 7.03. The van der Waals surface area contributed by atoms with Gasteiger partial charge >= 0.3 is 12.1 Å². The van der Waals surface area contributed by atoms with Crippen LogP contribution < -0.4 is 4.74 Å². The van der Waals surface area contributed by atoms with Gasteiger partial charge in [-0.1, -0.05) is 42.5 Å². The third kappa shape index (κ3) is 7.20. The second-order valence-corrected chi connectivity index (χ2v) is 9.72. The molecule has 0 spiro atoms. The molecule has 6 nitrogen and oxygen atoms in total. The molecule has 0 bridgehead atoms. The van der Waals surface area contributed by atoms with Gasteiger partial charge in [0.2, 0.25) is 5.91 Å². The van der Waals surface area contributed by atoms with E-state index in [1.807, 2.05) is 36.4 Å². The maximum absolute atomic E-state index is 13.1. The number of carbonyl (C=O) groups excluding carboxylic acids is 2. The SMILES string of the molecule is COC(=O)C[C@@H]1C[C@@H](COc2ccc(-c3ccc(C#N)cc3)cc2)N(CCCc2cccc(C(F)(F)F)c2)C1=O. The Morgan fingerprint density at radius 2 is 1.73 bits per heavy atom. The van der Waals surface area contributed by atoms with Gasteiger partial charge in [-0.2, -0.15) is 18.4 Å². The second kappa shape index (κ2) is 12.7. The van der Waals surface area contributed by atoms with Crippen LogP contribution in [0.4, 0.5) is 13.2 Å². The molecule has 208 valence electrons. The fraction of sp³-hybridized carbons (Fsp3) is 0.323. The van der Waals surface area contributed by atoms with Crippen LogP contribution in [0.2, 0.25) is 0 Å². The van der Waals surface area contributed by atoms with E-state index >= 15 is 0 Å². The first-order valence-corrected chi connectivity index (χ1v) is 12.9. The molecule has 0 radical (unpaired) electrons. The number of ether oxygens (including phenoxy) is 2. The number of nitrogens with zero attached hydrogens (tertiary/aromatic N) is 2. The molecule has 1 amide bonds. The molecule has 4 rings (SSSR count). The van der Waals surface area contributed by atoms with E-state index in [2.05, 4.69) is 6.07 Å². The lowest BCUT2D eigenvalue weighted by molar-refractivity contribution is -0.145. The topological polar surface area (TPSA) is 79.6 Å². The first-order valence-electron chi connectivity index (χ1n) is 12.9. The lowest BCUT2D eigenvalue weighted by Crippen LogP contribution is -2.38. The number of alkyl halides is 3. The molecule has 1 saturated heterocycles. The fourth-order valence-electron chi connectivity index (χ4n) is 4.91. The summed E-state index contributed by atoms with van der Waals surface area (Å²) >= 11 is 0. The van der Waals surface area contributed by atoms with Gasteiger partial charge in [-0.25, -0.2) is 0 Å². The lowest BCUT2D eigenvalue weighted by atomic mass is 10.0. The second-order valence-electron chi connectivity index (χ2n) is 9.72. The number of aryl methyl sites for hydroxylation is 1. The molecule has 40 heavy (non-hydrogen) atoms. The predicted octanol–water partition coefficient (Wildman–Crippen LogP) is 6.04. The van der Waals surface area contributed by atoms with Crippen molar-refractivity contribution < 1.29 is 32.2 Å². The van der Waals surface area contributed by atoms with Crippen molar-refractivity contribution in [2.75, 3.05) is 20.3 Å². The highest BCUT2D eigenvalue weighted by atomic mass is 19.4. The highest BCUT2D eigenvalue weighted by molar-refractivity contribution is 5.86. The van der Waals surface area contributed by atoms with Crippen LogP contribution in [0.5, 0.6) is 5.75 Å². The van der Waals surface area contributed by atoms with Crippen LogP contribution in [0.15, 0.2) is 72.8 Å².